The molecular weight excluding hydrogens is 320 g/mol. The number of esters is 1. The zero-order chi connectivity index (χ0) is 17.8. The molecule has 0 aliphatic rings. The molecule has 2 aromatic heterocycles. The summed E-state index contributed by atoms with van der Waals surface area (Å²) in [5.41, 5.74) is 1.47. The second-order valence-electron chi connectivity index (χ2n) is 5.35. The molecule has 1 amide bonds. The number of anilines is 1. The molecular formula is C18H18N4O3. The van der Waals surface area contributed by atoms with Crippen LogP contribution >= 0.6 is 0 Å². The molecule has 0 atom stereocenters. The maximum Gasteiger partial charge on any atom is 0.338 e. The van der Waals surface area contributed by atoms with Gasteiger partial charge >= 0.3 is 5.97 Å². The number of carbonyl (C=O) groups is 2. The number of benzene rings is 1. The molecule has 0 unspecified atom stereocenters. The minimum Gasteiger partial charge on any atom is -0.462 e. The minimum atomic E-state index is -0.387. The van der Waals surface area contributed by atoms with Crippen molar-refractivity contribution >= 4 is 17.6 Å². The Balaban J connectivity index is 1.78. The largest absolute Gasteiger partial charge is 0.462 e. The first-order chi connectivity index (χ1) is 12.1. The lowest BCUT2D eigenvalue weighted by molar-refractivity contribution is 0.0526. The number of nitrogens with zero attached hydrogens (tertiary/aromatic N) is 3. The maximum atomic E-state index is 12.6. The molecule has 7 nitrogen and oxygen atoms in total. The van der Waals surface area contributed by atoms with Crippen molar-refractivity contribution in [3.63, 3.8) is 0 Å². The van der Waals surface area contributed by atoms with Crippen LogP contribution in [0.1, 0.15) is 27.6 Å². The molecule has 0 aliphatic carbocycles. The van der Waals surface area contributed by atoms with E-state index in [4.69, 9.17) is 4.74 Å². The molecule has 0 saturated heterocycles. The van der Waals surface area contributed by atoms with Crippen LogP contribution in [0.2, 0.25) is 0 Å². The lowest BCUT2D eigenvalue weighted by Crippen LogP contribution is -2.15. The molecule has 0 bridgehead atoms. The van der Waals surface area contributed by atoms with Crippen molar-refractivity contribution < 1.29 is 14.3 Å². The fourth-order valence-corrected chi connectivity index (χ4v) is 2.48. The van der Waals surface area contributed by atoms with E-state index in [9.17, 15) is 9.59 Å². The third-order valence-corrected chi connectivity index (χ3v) is 3.66. The van der Waals surface area contributed by atoms with E-state index >= 15 is 0 Å². The highest BCUT2D eigenvalue weighted by molar-refractivity contribution is 6.06. The highest BCUT2D eigenvalue weighted by Gasteiger charge is 2.17. The van der Waals surface area contributed by atoms with Crippen molar-refractivity contribution in [3.05, 3.63) is 66.1 Å². The molecule has 0 fully saturated rings. The lowest BCUT2D eigenvalue weighted by atomic mass is 10.2. The summed E-state index contributed by atoms with van der Waals surface area (Å²) in [6.07, 6.45) is 5.22. The molecule has 1 aromatic carbocycles. The molecule has 2 heterocycles. The number of aryl methyl sites for hydroxylation is 1. The second kappa shape index (κ2) is 7.04. The number of carbonyl (C=O) groups excluding carboxylic acids is 2. The van der Waals surface area contributed by atoms with E-state index in [0.29, 0.717) is 29.2 Å². The van der Waals surface area contributed by atoms with Gasteiger partial charge in [-0.3, -0.25) is 9.48 Å². The number of hydrogen-bond acceptors (Lipinski definition) is 4. The van der Waals surface area contributed by atoms with Gasteiger partial charge in [-0.1, -0.05) is 0 Å². The Labute approximate surface area is 144 Å². The Morgan fingerprint density at radius 2 is 1.84 bits per heavy atom. The quantitative estimate of drug-likeness (QED) is 0.726. The second-order valence-corrected chi connectivity index (χ2v) is 5.35. The zero-order valence-corrected chi connectivity index (χ0v) is 14.0. The molecule has 0 radical (unpaired) electrons. The highest BCUT2D eigenvalue weighted by Crippen LogP contribution is 2.17. The number of aromatic nitrogens is 3. The average molecular weight is 338 g/mol. The molecule has 0 saturated carbocycles. The van der Waals surface area contributed by atoms with Crippen molar-refractivity contribution in [1.82, 2.24) is 14.3 Å². The summed E-state index contributed by atoms with van der Waals surface area (Å²) in [4.78, 5) is 24.3. The SMILES string of the molecule is CCOC(=O)c1ccc(NC(=O)c2cnn(C)c2-n2cccc2)cc1. The van der Waals surface area contributed by atoms with E-state index in [1.54, 1.807) is 42.9 Å². The Morgan fingerprint density at radius 3 is 2.48 bits per heavy atom. The standard InChI is InChI=1S/C18H18N4O3/c1-3-25-18(24)13-6-8-14(9-7-13)20-16(23)15-12-19-21(2)17(15)22-10-4-5-11-22/h4-12H,3H2,1-2H3,(H,20,23). The van der Waals surface area contributed by atoms with Crippen LogP contribution in [0.25, 0.3) is 5.82 Å². The van der Waals surface area contributed by atoms with Gasteiger partial charge in [0.15, 0.2) is 0 Å². The smallest absolute Gasteiger partial charge is 0.338 e. The Morgan fingerprint density at radius 1 is 1.16 bits per heavy atom. The van der Waals surface area contributed by atoms with E-state index in [1.807, 2.05) is 29.1 Å². The molecule has 3 aromatic rings. The fraction of sp³-hybridized carbons (Fsp3) is 0.167. The number of ether oxygens (including phenoxy) is 1. The normalized spacial score (nSPS) is 10.5. The van der Waals surface area contributed by atoms with E-state index in [0.717, 1.165) is 0 Å². The maximum absolute atomic E-state index is 12.6. The van der Waals surface area contributed by atoms with Crippen LogP contribution in [0.5, 0.6) is 0 Å². The molecule has 0 spiro atoms. The van der Waals surface area contributed by atoms with Gasteiger partial charge in [-0.15, -0.1) is 0 Å². The predicted octanol–water partition coefficient (Wildman–Crippen LogP) is 2.64. The number of amides is 1. The molecule has 1 N–H and O–H groups in total. The summed E-state index contributed by atoms with van der Waals surface area (Å²) in [5.74, 6) is 0.00820. The van der Waals surface area contributed by atoms with E-state index in [1.165, 1.54) is 6.20 Å². The number of hydrogen-bond donors (Lipinski definition) is 1. The predicted molar refractivity (Wildman–Crippen MR) is 92.9 cm³/mol. The first-order valence-corrected chi connectivity index (χ1v) is 7.84. The zero-order valence-electron chi connectivity index (χ0n) is 14.0. The Hall–Kier alpha value is -3.35. The van der Waals surface area contributed by atoms with Gasteiger partial charge in [0.25, 0.3) is 5.91 Å². The summed E-state index contributed by atoms with van der Waals surface area (Å²) in [6, 6.07) is 10.3. The van der Waals surface area contributed by atoms with Crippen LogP contribution in [-0.2, 0) is 11.8 Å². The van der Waals surface area contributed by atoms with E-state index < -0.39 is 0 Å². The van der Waals surface area contributed by atoms with Gasteiger partial charge in [0, 0.05) is 25.1 Å². The molecule has 128 valence electrons. The van der Waals surface area contributed by atoms with Crippen LogP contribution < -0.4 is 5.32 Å². The van der Waals surface area contributed by atoms with Gasteiger partial charge < -0.3 is 14.6 Å². The van der Waals surface area contributed by atoms with Crippen LogP contribution in [0, 0.1) is 0 Å². The molecule has 7 heteroatoms. The van der Waals surface area contributed by atoms with Crippen molar-refractivity contribution in [2.45, 2.75) is 6.92 Å². The van der Waals surface area contributed by atoms with Crippen molar-refractivity contribution in [1.29, 1.82) is 0 Å². The summed E-state index contributed by atoms with van der Waals surface area (Å²) in [5, 5.41) is 6.98. The van der Waals surface area contributed by atoms with Crippen LogP contribution in [-0.4, -0.2) is 32.8 Å². The van der Waals surface area contributed by atoms with Crippen molar-refractivity contribution in [2.75, 3.05) is 11.9 Å². The summed E-state index contributed by atoms with van der Waals surface area (Å²) in [6.45, 7) is 2.07. The Bertz CT molecular complexity index is 880. The lowest BCUT2D eigenvalue weighted by Gasteiger charge is -2.09. The monoisotopic (exact) mass is 338 g/mol. The van der Waals surface area contributed by atoms with Crippen LogP contribution in [0.15, 0.2) is 55.0 Å². The van der Waals surface area contributed by atoms with Crippen molar-refractivity contribution in [2.24, 2.45) is 7.05 Å². The van der Waals surface area contributed by atoms with Gasteiger partial charge in [0.05, 0.1) is 18.4 Å². The number of nitrogens with one attached hydrogen (secondary N) is 1. The molecule has 3 rings (SSSR count). The third kappa shape index (κ3) is 3.45. The molecule has 0 aliphatic heterocycles. The van der Waals surface area contributed by atoms with E-state index in [2.05, 4.69) is 10.4 Å². The Kier molecular flexibility index (Phi) is 4.65. The number of rotatable bonds is 5. The summed E-state index contributed by atoms with van der Waals surface area (Å²) in [7, 11) is 1.78. The summed E-state index contributed by atoms with van der Waals surface area (Å²) >= 11 is 0. The third-order valence-electron chi connectivity index (χ3n) is 3.66. The van der Waals surface area contributed by atoms with Gasteiger partial charge in [-0.05, 0) is 43.3 Å². The minimum absolute atomic E-state index is 0.277. The van der Waals surface area contributed by atoms with Crippen molar-refractivity contribution in [3.8, 4) is 5.82 Å². The van der Waals surface area contributed by atoms with Gasteiger partial charge in [-0.2, -0.15) is 5.10 Å². The van der Waals surface area contributed by atoms with Gasteiger partial charge in [0.1, 0.15) is 11.4 Å². The van der Waals surface area contributed by atoms with E-state index in [-0.39, 0.29) is 11.9 Å². The fourth-order valence-electron chi connectivity index (χ4n) is 2.48. The van der Waals surface area contributed by atoms with Crippen LogP contribution in [0.3, 0.4) is 0 Å². The average Bonchev–Trinajstić information content (AvgIpc) is 3.24. The summed E-state index contributed by atoms with van der Waals surface area (Å²) < 4.78 is 8.40. The first kappa shape index (κ1) is 16.5. The topological polar surface area (TPSA) is 78.2 Å². The molecule has 25 heavy (non-hydrogen) atoms. The van der Waals surface area contributed by atoms with Crippen LogP contribution in [0.4, 0.5) is 5.69 Å². The van der Waals surface area contributed by atoms with Gasteiger partial charge in [-0.25, -0.2) is 4.79 Å². The van der Waals surface area contributed by atoms with Gasteiger partial charge in [0.2, 0.25) is 0 Å². The highest BCUT2D eigenvalue weighted by atomic mass is 16.5. The first-order valence-electron chi connectivity index (χ1n) is 7.84.